The predicted octanol–water partition coefficient (Wildman–Crippen LogP) is 5.23. The standard InChI is InChI=1S/C22H16B/c1-2-8-16-15(7-1)13-14-21(16)23-22-19-11-5-3-9-17(19)18-10-4-6-12-20(18)22/h1-14,21-22H. The highest BCUT2D eigenvalue weighted by atomic mass is 14.3. The molecule has 0 saturated heterocycles. The molecule has 1 heteroatoms. The fraction of sp³-hybridized carbons (Fsp3) is 0.0909. The smallest absolute Gasteiger partial charge is 0.0844 e. The molecule has 0 aromatic heterocycles. The van der Waals surface area contributed by atoms with Gasteiger partial charge in [0.1, 0.15) is 7.28 Å². The molecule has 0 saturated carbocycles. The van der Waals surface area contributed by atoms with Gasteiger partial charge in [0.15, 0.2) is 0 Å². The number of hydrogen-bond acceptors (Lipinski definition) is 0. The molecule has 2 aliphatic carbocycles. The van der Waals surface area contributed by atoms with Gasteiger partial charge in [0.2, 0.25) is 0 Å². The highest BCUT2D eigenvalue weighted by molar-refractivity contribution is 6.43. The third kappa shape index (κ3) is 1.93. The van der Waals surface area contributed by atoms with Crippen molar-refractivity contribution in [3.05, 3.63) is 101 Å². The van der Waals surface area contributed by atoms with E-state index in [1.807, 2.05) is 0 Å². The zero-order valence-electron chi connectivity index (χ0n) is 12.8. The molecule has 0 bridgehead atoms. The van der Waals surface area contributed by atoms with Gasteiger partial charge in [-0.05, 0) is 45.0 Å². The van der Waals surface area contributed by atoms with Crippen LogP contribution in [-0.4, -0.2) is 7.28 Å². The van der Waals surface area contributed by atoms with E-state index in [0.717, 1.165) is 0 Å². The van der Waals surface area contributed by atoms with Crippen LogP contribution < -0.4 is 0 Å². The van der Waals surface area contributed by atoms with Crippen LogP contribution in [0.25, 0.3) is 17.2 Å². The molecule has 1 unspecified atom stereocenters. The molecular formula is C22H16B. The van der Waals surface area contributed by atoms with Gasteiger partial charge >= 0.3 is 0 Å². The van der Waals surface area contributed by atoms with Crippen molar-refractivity contribution in [2.45, 2.75) is 11.6 Å². The molecule has 1 atom stereocenters. The Morgan fingerprint density at radius 1 is 0.609 bits per heavy atom. The maximum absolute atomic E-state index is 2.51. The quantitative estimate of drug-likeness (QED) is 0.567. The van der Waals surface area contributed by atoms with E-state index in [4.69, 9.17) is 0 Å². The number of hydrogen-bond donors (Lipinski definition) is 0. The minimum Gasteiger partial charge on any atom is -0.0844 e. The topological polar surface area (TPSA) is 0 Å². The van der Waals surface area contributed by atoms with Gasteiger partial charge in [-0.15, -0.1) is 0 Å². The highest BCUT2D eigenvalue weighted by Gasteiger charge is 2.31. The van der Waals surface area contributed by atoms with E-state index in [2.05, 4.69) is 92.2 Å². The first-order valence-corrected chi connectivity index (χ1v) is 8.22. The zero-order chi connectivity index (χ0) is 15.2. The van der Waals surface area contributed by atoms with Crippen molar-refractivity contribution >= 4 is 13.4 Å². The van der Waals surface area contributed by atoms with Crippen LogP contribution in [0, 0.1) is 0 Å². The van der Waals surface area contributed by atoms with Crippen molar-refractivity contribution in [2.24, 2.45) is 0 Å². The van der Waals surface area contributed by atoms with Crippen LogP contribution in [0.4, 0.5) is 0 Å². The molecule has 3 aromatic rings. The molecule has 107 valence electrons. The number of rotatable bonds is 2. The maximum Gasteiger partial charge on any atom is 0.140 e. The van der Waals surface area contributed by atoms with E-state index in [1.165, 1.54) is 33.4 Å². The van der Waals surface area contributed by atoms with Gasteiger partial charge in [0.05, 0.1) is 0 Å². The van der Waals surface area contributed by atoms with Crippen LogP contribution in [-0.2, 0) is 0 Å². The number of benzene rings is 3. The second-order valence-corrected chi connectivity index (χ2v) is 6.36. The molecule has 0 aliphatic heterocycles. The molecule has 1 radical (unpaired) electrons. The van der Waals surface area contributed by atoms with Crippen LogP contribution in [0.5, 0.6) is 0 Å². The first kappa shape index (κ1) is 13.0. The van der Waals surface area contributed by atoms with Crippen molar-refractivity contribution in [3.63, 3.8) is 0 Å². The van der Waals surface area contributed by atoms with Gasteiger partial charge < -0.3 is 0 Å². The summed E-state index contributed by atoms with van der Waals surface area (Å²) in [6.45, 7) is 0. The Kier molecular flexibility index (Phi) is 2.81. The lowest BCUT2D eigenvalue weighted by molar-refractivity contribution is 1.11. The monoisotopic (exact) mass is 291 g/mol. The summed E-state index contributed by atoms with van der Waals surface area (Å²) in [7, 11) is 2.51. The summed E-state index contributed by atoms with van der Waals surface area (Å²) in [5, 5.41) is 0. The zero-order valence-corrected chi connectivity index (χ0v) is 12.8. The van der Waals surface area contributed by atoms with Gasteiger partial charge in [-0.2, -0.15) is 0 Å². The molecule has 23 heavy (non-hydrogen) atoms. The predicted molar refractivity (Wildman–Crippen MR) is 97.7 cm³/mol. The van der Waals surface area contributed by atoms with E-state index in [1.54, 1.807) is 0 Å². The van der Waals surface area contributed by atoms with Crippen LogP contribution in [0.3, 0.4) is 0 Å². The van der Waals surface area contributed by atoms with Crippen molar-refractivity contribution in [3.8, 4) is 11.1 Å². The minimum atomic E-state index is 0.378. The van der Waals surface area contributed by atoms with Crippen molar-refractivity contribution in [1.82, 2.24) is 0 Å². The van der Waals surface area contributed by atoms with Crippen LogP contribution in [0.15, 0.2) is 78.9 Å². The van der Waals surface area contributed by atoms with E-state index in [9.17, 15) is 0 Å². The fourth-order valence-electron chi connectivity index (χ4n) is 4.05. The summed E-state index contributed by atoms with van der Waals surface area (Å²) in [5.74, 6) is 0.776. The highest BCUT2D eigenvalue weighted by Crippen LogP contribution is 2.46. The van der Waals surface area contributed by atoms with Crippen molar-refractivity contribution < 1.29 is 0 Å². The summed E-state index contributed by atoms with van der Waals surface area (Å²) in [5.41, 5.74) is 8.43. The maximum atomic E-state index is 2.51. The molecular weight excluding hydrogens is 275 g/mol. The Morgan fingerprint density at radius 2 is 1.17 bits per heavy atom. The van der Waals surface area contributed by atoms with Gasteiger partial charge in [-0.25, -0.2) is 0 Å². The average molecular weight is 291 g/mol. The van der Waals surface area contributed by atoms with Crippen molar-refractivity contribution in [1.29, 1.82) is 0 Å². The van der Waals surface area contributed by atoms with Gasteiger partial charge in [0, 0.05) is 0 Å². The van der Waals surface area contributed by atoms with Gasteiger partial charge in [-0.3, -0.25) is 0 Å². The Hall–Kier alpha value is -2.54. The van der Waals surface area contributed by atoms with E-state index < -0.39 is 0 Å². The largest absolute Gasteiger partial charge is 0.140 e. The summed E-state index contributed by atoms with van der Waals surface area (Å²) in [4.78, 5) is 0. The molecule has 0 amide bonds. The average Bonchev–Trinajstić information content (AvgIpc) is 3.16. The minimum absolute atomic E-state index is 0.378. The second-order valence-electron chi connectivity index (χ2n) is 6.36. The summed E-state index contributed by atoms with van der Waals surface area (Å²) < 4.78 is 0. The first-order valence-electron chi connectivity index (χ1n) is 8.22. The Bertz CT molecular complexity index is 877. The molecule has 3 aromatic carbocycles. The van der Waals surface area contributed by atoms with Crippen LogP contribution in [0.1, 0.15) is 33.9 Å². The summed E-state index contributed by atoms with van der Waals surface area (Å²) in [6.07, 6.45) is 4.58. The number of fused-ring (bicyclic) bond motifs is 4. The molecule has 5 rings (SSSR count). The van der Waals surface area contributed by atoms with E-state index in [0.29, 0.717) is 11.6 Å². The van der Waals surface area contributed by atoms with Crippen LogP contribution >= 0.6 is 0 Å². The normalized spacial score (nSPS) is 17.7. The first-order chi connectivity index (χ1) is 11.4. The molecule has 2 aliphatic rings. The Balaban J connectivity index is 1.58. The van der Waals surface area contributed by atoms with Gasteiger partial charge in [-0.1, -0.05) is 84.9 Å². The third-order valence-corrected chi connectivity index (χ3v) is 5.12. The lowest BCUT2D eigenvalue weighted by Gasteiger charge is -2.17. The molecule has 0 heterocycles. The molecule has 0 nitrogen and oxygen atoms in total. The van der Waals surface area contributed by atoms with Gasteiger partial charge in [0.25, 0.3) is 0 Å². The Morgan fingerprint density at radius 3 is 1.87 bits per heavy atom. The van der Waals surface area contributed by atoms with E-state index >= 15 is 0 Å². The van der Waals surface area contributed by atoms with Crippen molar-refractivity contribution in [2.75, 3.05) is 0 Å². The van der Waals surface area contributed by atoms with Crippen LogP contribution in [0.2, 0.25) is 0 Å². The lowest BCUT2D eigenvalue weighted by Crippen LogP contribution is -2.14. The summed E-state index contributed by atoms with van der Waals surface area (Å²) in [6, 6.07) is 26.4. The second kappa shape index (κ2) is 4.99. The molecule has 0 spiro atoms. The third-order valence-electron chi connectivity index (χ3n) is 5.12. The fourth-order valence-corrected chi connectivity index (χ4v) is 4.05. The number of allylic oxidation sites excluding steroid dienone is 1. The lowest BCUT2D eigenvalue weighted by atomic mass is 9.51. The Labute approximate surface area is 137 Å². The SMILES string of the molecule is [B](C1C=Cc2ccccc21)C1c2ccccc2-c2ccccc21. The summed E-state index contributed by atoms with van der Waals surface area (Å²) >= 11 is 0. The molecule has 0 N–H and O–H groups in total. The van der Waals surface area contributed by atoms with E-state index in [-0.39, 0.29) is 0 Å². The molecule has 0 fully saturated rings.